The predicted molar refractivity (Wildman–Crippen MR) is 106 cm³/mol. The Morgan fingerprint density at radius 2 is 1.81 bits per heavy atom. The Bertz CT molecular complexity index is 979. The molecule has 0 unspecified atom stereocenters. The lowest BCUT2D eigenvalue weighted by molar-refractivity contribution is 0.101. The molecule has 0 saturated heterocycles. The number of nitrogens with zero attached hydrogens (tertiary/aromatic N) is 1. The molecule has 1 amide bonds. The van der Waals surface area contributed by atoms with Gasteiger partial charge in [0.25, 0.3) is 5.91 Å². The van der Waals surface area contributed by atoms with Gasteiger partial charge in [-0.3, -0.25) is 4.79 Å². The number of aryl methyl sites for hydroxylation is 3. The van der Waals surface area contributed by atoms with Crippen molar-refractivity contribution in [3.63, 3.8) is 0 Å². The van der Waals surface area contributed by atoms with Crippen molar-refractivity contribution in [3.8, 4) is 5.75 Å². The highest BCUT2D eigenvalue weighted by atomic mass is 35.5. The van der Waals surface area contributed by atoms with E-state index >= 15 is 0 Å². The van der Waals surface area contributed by atoms with Crippen LogP contribution >= 0.6 is 23.2 Å². The summed E-state index contributed by atoms with van der Waals surface area (Å²) in [5, 5.41) is 7.45. The lowest BCUT2D eigenvalue weighted by Crippen LogP contribution is -2.15. The quantitative estimate of drug-likeness (QED) is 0.588. The lowest BCUT2D eigenvalue weighted by Gasteiger charge is -2.10. The molecule has 0 bridgehead atoms. The number of hydrogen-bond donors (Lipinski definition) is 1. The third-order valence-corrected chi connectivity index (χ3v) is 4.47. The summed E-state index contributed by atoms with van der Waals surface area (Å²) in [5.74, 6) is 0.850. The van der Waals surface area contributed by atoms with Crippen molar-refractivity contribution in [1.82, 2.24) is 5.16 Å². The molecule has 0 aliphatic rings. The second-order valence-corrected chi connectivity index (χ2v) is 7.11. The summed E-state index contributed by atoms with van der Waals surface area (Å²) in [7, 11) is 0. The summed E-state index contributed by atoms with van der Waals surface area (Å²) < 4.78 is 11.1. The van der Waals surface area contributed by atoms with Crippen molar-refractivity contribution in [3.05, 3.63) is 74.6 Å². The molecular formula is C20H18Cl2N2O3. The van der Waals surface area contributed by atoms with E-state index in [2.05, 4.69) is 10.5 Å². The minimum absolute atomic E-state index is 0.161. The highest BCUT2D eigenvalue weighted by Crippen LogP contribution is 2.25. The largest absolute Gasteiger partial charge is 0.488 e. The number of hydrogen-bond acceptors (Lipinski definition) is 4. The van der Waals surface area contributed by atoms with Crippen molar-refractivity contribution < 1.29 is 14.1 Å². The van der Waals surface area contributed by atoms with E-state index in [-0.39, 0.29) is 12.3 Å². The molecule has 7 heteroatoms. The zero-order valence-electron chi connectivity index (χ0n) is 15.1. The molecule has 0 fully saturated rings. The van der Waals surface area contributed by atoms with Crippen LogP contribution in [0.1, 0.15) is 32.9 Å². The normalized spacial score (nSPS) is 10.7. The number of rotatable bonds is 5. The molecule has 3 rings (SSSR count). The number of amides is 1. The van der Waals surface area contributed by atoms with Crippen LogP contribution in [0.5, 0.6) is 5.75 Å². The summed E-state index contributed by atoms with van der Waals surface area (Å²) in [5.41, 5.74) is 3.32. The molecule has 0 saturated carbocycles. The number of halogens is 2. The topological polar surface area (TPSA) is 64.4 Å². The number of benzene rings is 2. The number of carbonyl (C=O) groups is 1. The van der Waals surface area contributed by atoms with Crippen LogP contribution in [0.4, 0.5) is 5.69 Å². The van der Waals surface area contributed by atoms with Gasteiger partial charge in [0.1, 0.15) is 18.1 Å². The lowest BCUT2D eigenvalue weighted by atomic mass is 10.1. The van der Waals surface area contributed by atoms with Crippen LogP contribution in [-0.4, -0.2) is 11.1 Å². The third-order valence-electron chi connectivity index (χ3n) is 4.04. The van der Waals surface area contributed by atoms with E-state index in [9.17, 15) is 4.79 Å². The van der Waals surface area contributed by atoms with Gasteiger partial charge >= 0.3 is 0 Å². The average molecular weight is 405 g/mol. The SMILES string of the molecule is Cc1ccc(C)c(OCc2c(C(=O)Nc3cc(Cl)cc(Cl)c3)noc2C)c1. The molecule has 0 aliphatic carbocycles. The fourth-order valence-corrected chi connectivity index (χ4v) is 3.09. The fourth-order valence-electron chi connectivity index (χ4n) is 2.57. The van der Waals surface area contributed by atoms with Crippen molar-refractivity contribution in [1.29, 1.82) is 0 Å². The molecule has 140 valence electrons. The van der Waals surface area contributed by atoms with E-state index in [1.807, 2.05) is 32.0 Å². The van der Waals surface area contributed by atoms with Gasteiger partial charge in [0, 0.05) is 15.7 Å². The molecule has 27 heavy (non-hydrogen) atoms. The first kappa shape index (κ1) is 19.3. The molecule has 0 aliphatic heterocycles. The molecule has 2 aromatic carbocycles. The van der Waals surface area contributed by atoms with Crippen molar-refractivity contribution >= 4 is 34.8 Å². The van der Waals surface area contributed by atoms with E-state index in [1.54, 1.807) is 25.1 Å². The van der Waals surface area contributed by atoms with Gasteiger partial charge in [0.05, 0.1) is 5.56 Å². The van der Waals surface area contributed by atoms with Crippen LogP contribution in [-0.2, 0) is 6.61 Å². The maximum Gasteiger partial charge on any atom is 0.278 e. The van der Waals surface area contributed by atoms with E-state index < -0.39 is 5.91 Å². The van der Waals surface area contributed by atoms with Crippen LogP contribution in [0.15, 0.2) is 40.9 Å². The Balaban J connectivity index is 1.79. The molecule has 1 aromatic heterocycles. The first-order chi connectivity index (χ1) is 12.8. The Kier molecular flexibility index (Phi) is 5.73. The Morgan fingerprint density at radius 3 is 2.52 bits per heavy atom. The van der Waals surface area contributed by atoms with Gasteiger partial charge in [0.2, 0.25) is 0 Å². The minimum atomic E-state index is -0.426. The number of carbonyl (C=O) groups excluding carboxylic acids is 1. The predicted octanol–water partition coefficient (Wildman–Crippen LogP) is 5.74. The average Bonchev–Trinajstić information content (AvgIpc) is 2.95. The van der Waals surface area contributed by atoms with Crippen molar-refractivity contribution in [2.75, 3.05) is 5.32 Å². The Morgan fingerprint density at radius 1 is 1.11 bits per heavy atom. The number of nitrogens with one attached hydrogen (secondary N) is 1. The van der Waals surface area contributed by atoms with Gasteiger partial charge in [-0.15, -0.1) is 0 Å². The van der Waals surface area contributed by atoms with Gasteiger partial charge in [-0.25, -0.2) is 0 Å². The van der Waals surface area contributed by atoms with Crippen LogP contribution in [0, 0.1) is 20.8 Å². The highest BCUT2D eigenvalue weighted by Gasteiger charge is 2.21. The number of anilines is 1. The first-order valence-corrected chi connectivity index (χ1v) is 9.01. The third kappa shape index (κ3) is 4.62. The summed E-state index contributed by atoms with van der Waals surface area (Å²) in [6.45, 7) is 5.86. The standard InChI is InChI=1S/C20H18Cl2N2O3/c1-11-4-5-12(2)18(6-11)26-10-17-13(3)27-24-19(17)20(25)23-16-8-14(21)7-15(22)9-16/h4-9H,10H2,1-3H3,(H,23,25). The van der Waals surface area contributed by atoms with E-state index in [0.717, 1.165) is 16.9 Å². The minimum Gasteiger partial charge on any atom is -0.488 e. The van der Waals surface area contributed by atoms with Gasteiger partial charge in [-0.05, 0) is 56.2 Å². The number of aromatic nitrogens is 1. The maximum atomic E-state index is 12.6. The van der Waals surface area contributed by atoms with Crippen LogP contribution in [0.3, 0.4) is 0 Å². The summed E-state index contributed by atoms with van der Waals surface area (Å²) >= 11 is 11.9. The molecule has 3 aromatic rings. The van der Waals surface area contributed by atoms with Gasteiger partial charge < -0.3 is 14.6 Å². The van der Waals surface area contributed by atoms with Gasteiger partial charge in [-0.2, -0.15) is 0 Å². The Hall–Kier alpha value is -2.50. The smallest absolute Gasteiger partial charge is 0.278 e. The summed E-state index contributed by atoms with van der Waals surface area (Å²) in [4.78, 5) is 12.6. The summed E-state index contributed by atoms with van der Waals surface area (Å²) in [6, 6.07) is 10.7. The molecule has 5 nitrogen and oxygen atoms in total. The van der Waals surface area contributed by atoms with Crippen molar-refractivity contribution in [2.45, 2.75) is 27.4 Å². The molecule has 1 heterocycles. The van der Waals surface area contributed by atoms with Crippen LogP contribution in [0.25, 0.3) is 0 Å². The number of ether oxygens (including phenoxy) is 1. The highest BCUT2D eigenvalue weighted by molar-refractivity contribution is 6.35. The van der Waals surface area contributed by atoms with Gasteiger partial charge in [-0.1, -0.05) is 40.5 Å². The molecule has 0 radical (unpaired) electrons. The van der Waals surface area contributed by atoms with E-state index in [4.69, 9.17) is 32.5 Å². The molecule has 1 N–H and O–H groups in total. The van der Waals surface area contributed by atoms with Gasteiger partial charge in [0.15, 0.2) is 5.69 Å². The van der Waals surface area contributed by atoms with Crippen molar-refractivity contribution in [2.24, 2.45) is 0 Å². The fraction of sp³-hybridized carbons (Fsp3) is 0.200. The second-order valence-electron chi connectivity index (χ2n) is 6.24. The monoisotopic (exact) mass is 404 g/mol. The molecular weight excluding hydrogens is 387 g/mol. The second kappa shape index (κ2) is 8.03. The molecule has 0 atom stereocenters. The maximum absolute atomic E-state index is 12.6. The van der Waals surface area contributed by atoms with Crippen LogP contribution in [0.2, 0.25) is 10.0 Å². The first-order valence-electron chi connectivity index (χ1n) is 8.26. The molecule has 0 spiro atoms. The van der Waals surface area contributed by atoms with E-state index in [0.29, 0.717) is 27.1 Å². The summed E-state index contributed by atoms with van der Waals surface area (Å²) in [6.07, 6.45) is 0. The Labute approximate surface area is 167 Å². The van der Waals surface area contributed by atoms with E-state index in [1.165, 1.54) is 0 Å². The zero-order chi connectivity index (χ0) is 19.6. The van der Waals surface area contributed by atoms with Crippen LogP contribution < -0.4 is 10.1 Å². The zero-order valence-corrected chi connectivity index (χ0v) is 16.6.